The second-order valence-corrected chi connectivity index (χ2v) is 7.54. The number of carbonyl (C=O) groups excluding carboxylic acids is 1. The predicted octanol–water partition coefficient (Wildman–Crippen LogP) is 2.57. The van der Waals surface area contributed by atoms with Gasteiger partial charge in [0.05, 0.1) is 15.6 Å². The third kappa shape index (κ3) is 4.05. The molecule has 0 spiro atoms. The maximum absolute atomic E-state index is 12.2. The normalized spacial score (nSPS) is 11.2. The number of benzene rings is 2. The molecular weight excluding hydrogens is 350 g/mol. The summed E-state index contributed by atoms with van der Waals surface area (Å²) in [4.78, 5) is 14.2. The van der Waals surface area contributed by atoms with Crippen molar-refractivity contribution in [1.82, 2.24) is 4.72 Å². The summed E-state index contributed by atoms with van der Waals surface area (Å²) in [5.41, 5.74) is 1.75. The van der Waals surface area contributed by atoms with E-state index in [1.54, 1.807) is 18.2 Å². The highest BCUT2D eigenvalue weighted by atomic mass is 35.5. The summed E-state index contributed by atoms with van der Waals surface area (Å²) in [6.45, 7) is 0. The van der Waals surface area contributed by atoms with E-state index in [0.717, 1.165) is 5.69 Å². The first-order chi connectivity index (χ1) is 11.2. The van der Waals surface area contributed by atoms with Gasteiger partial charge in [-0.15, -0.1) is 0 Å². The molecule has 0 atom stereocenters. The molecule has 0 saturated carbocycles. The fraction of sp³-hybridized carbons (Fsp3) is 0.188. The average molecular weight is 368 g/mol. The quantitative estimate of drug-likeness (QED) is 0.851. The lowest BCUT2D eigenvalue weighted by Gasteiger charge is -2.15. The maximum Gasteiger partial charge on any atom is 0.255 e. The second-order valence-electron chi connectivity index (χ2n) is 5.25. The number of carbonyl (C=O) groups is 1. The molecule has 0 heterocycles. The first kappa shape index (κ1) is 18.3. The van der Waals surface area contributed by atoms with Crippen LogP contribution in [0.4, 0.5) is 11.4 Å². The molecule has 0 aliphatic heterocycles. The van der Waals surface area contributed by atoms with Gasteiger partial charge in [0, 0.05) is 25.3 Å². The van der Waals surface area contributed by atoms with Crippen LogP contribution in [0, 0.1) is 0 Å². The van der Waals surface area contributed by atoms with Crippen LogP contribution in [0.3, 0.4) is 0 Å². The van der Waals surface area contributed by atoms with Crippen LogP contribution in [0.2, 0.25) is 5.02 Å². The van der Waals surface area contributed by atoms with E-state index in [1.807, 2.05) is 19.0 Å². The van der Waals surface area contributed by atoms with E-state index in [-0.39, 0.29) is 10.8 Å². The van der Waals surface area contributed by atoms with Crippen molar-refractivity contribution < 1.29 is 13.2 Å². The molecule has 0 bridgehead atoms. The first-order valence-electron chi connectivity index (χ1n) is 7.06. The van der Waals surface area contributed by atoms with Gasteiger partial charge in [0.25, 0.3) is 5.91 Å². The van der Waals surface area contributed by atoms with Gasteiger partial charge in [-0.25, -0.2) is 13.1 Å². The van der Waals surface area contributed by atoms with Gasteiger partial charge >= 0.3 is 0 Å². The molecular formula is C16H18ClN3O3S. The van der Waals surface area contributed by atoms with Crippen molar-refractivity contribution in [3.05, 3.63) is 53.1 Å². The third-order valence-electron chi connectivity index (χ3n) is 3.38. The van der Waals surface area contributed by atoms with E-state index >= 15 is 0 Å². The Morgan fingerprint density at radius 1 is 1.08 bits per heavy atom. The number of hydrogen-bond acceptors (Lipinski definition) is 4. The Hall–Kier alpha value is -2.09. The van der Waals surface area contributed by atoms with E-state index in [0.29, 0.717) is 16.3 Å². The highest BCUT2D eigenvalue weighted by molar-refractivity contribution is 7.89. The summed E-state index contributed by atoms with van der Waals surface area (Å²) in [5.74, 6) is -0.350. The smallest absolute Gasteiger partial charge is 0.255 e. The molecule has 0 fully saturated rings. The molecule has 0 saturated heterocycles. The van der Waals surface area contributed by atoms with E-state index in [4.69, 9.17) is 11.6 Å². The van der Waals surface area contributed by atoms with Gasteiger partial charge in [0.15, 0.2) is 0 Å². The minimum Gasteiger partial charge on any atom is -0.376 e. The maximum atomic E-state index is 12.2. The van der Waals surface area contributed by atoms with Gasteiger partial charge < -0.3 is 10.2 Å². The van der Waals surface area contributed by atoms with Gasteiger partial charge in [-0.05, 0) is 49.5 Å². The van der Waals surface area contributed by atoms with Crippen LogP contribution in [0.1, 0.15) is 10.4 Å². The molecule has 0 unspecified atom stereocenters. The van der Waals surface area contributed by atoms with Crippen molar-refractivity contribution in [3.8, 4) is 0 Å². The van der Waals surface area contributed by atoms with Crippen molar-refractivity contribution >= 4 is 38.9 Å². The van der Waals surface area contributed by atoms with E-state index in [9.17, 15) is 13.2 Å². The highest BCUT2D eigenvalue weighted by Crippen LogP contribution is 2.27. The number of halogens is 1. The van der Waals surface area contributed by atoms with Crippen LogP contribution in [-0.2, 0) is 10.0 Å². The summed E-state index contributed by atoms with van der Waals surface area (Å²) in [6, 6.07) is 10.9. The Labute approximate surface area is 146 Å². The number of hydrogen-bond donors (Lipinski definition) is 2. The Kier molecular flexibility index (Phi) is 5.48. The van der Waals surface area contributed by atoms with Crippen molar-refractivity contribution in [2.24, 2.45) is 0 Å². The summed E-state index contributed by atoms with van der Waals surface area (Å²) < 4.78 is 25.6. The van der Waals surface area contributed by atoms with E-state index in [1.165, 1.54) is 31.3 Å². The van der Waals surface area contributed by atoms with Crippen LogP contribution in [0.15, 0.2) is 47.4 Å². The lowest BCUT2D eigenvalue weighted by Crippen LogP contribution is -2.19. The van der Waals surface area contributed by atoms with Gasteiger partial charge in [0.1, 0.15) is 0 Å². The molecule has 2 rings (SSSR count). The molecule has 0 radical (unpaired) electrons. The lowest BCUT2D eigenvalue weighted by atomic mass is 10.2. The molecule has 0 aliphatic carbocycles. The summed E-state index contributed by atoms with van der Waals surface area (Å²) in [5, 5.41) is 3.25. The van der Waals surface area contributed by atoms with Crippen molar-refractivity contribution in [2.45, 2.75) is 4.90 Å². The van der Waals surface area contributed by atoms with Gasteiger partial charge in [-0.3, -0.25) is 4.79 Å². The summed E-state index contributed by atoms with van der Waals surface area (Å²) in [6.07, 6.45) is 0. The largest absolute Gasteiger partial charge is 0.376 e. The van der Waals surface area contributed by atoms with Crippen molar-refractivity contribution in [2.75, 3.05) is 31.4 Å². The third-order valence-corrected chi connectivity index (χ3v) is 5.12. The van der Waals surface area contributed by atoms with E-state index in [2.05, 4.69) is 10.0 Å². The van der Waals surface area contributed by atoms with Crippen molar-refractivity contribution in [3.63, 3.8) is 0 Å². The Balaban J connectivity index is 2.17. The SMILES string of the molecule is CNS(=O)(=O)c1ccc(C(=O)Nc2ccc(N(C)C)c(Cl)c2)cc1. The molecule has 2 aromatic carbocycles. The highest BCUT2D eigenvalue weighted by Gasteiger charge is 2.13. The zero-order chi connectivity index (χ0) is 17.9. The van der Waals surface area contributed by atoms with Crippen LogP contribution in [0.5, 0.6) is 0 Å². The lowest BCUT2D eigenvalue weighted by molar-refractivity contribution is 0.102. The number of nitrogens with one attached hydrogen (secondary N) is 2. The first-order valence-corrected chi connectivity index (χ1v) is 8.92. The molecule has 0 aliphatic rings. The van der Waals surface area contributed by atoms with E-state index < -0.39 is 10.0 Å². The van der Waals surface area contributed by atoms with Crippen LogP contribution in [-0.4, -0.2) is 35.5 Å². The molecule has 8 heteroatoms. The number of amides is 1. The molecule has 2 aromatic rings. The molecule has 6 nitrogen and oxygen atoms in total. The van der Waals surface area contributed by atoms with Crippen LogP contribution < -0.4 is 14.9 Å². The fourth-order valence-electron chi connectivity index (χ4n) is 2.05. The minimum atomic E-state index is -3.52. The zero-order valence-electron chi connectivity index (χ0n) is 13.5. The van der Waals surface area contributed by atoms with Crippen LogP contribution in [0.25, 0.3) is 0 Å². The monoisotopic (exact) mass is 367 g/mol. The summed E-state index contributed by atoms with van der Waals surface area (Å²) >= 11 is 6.17. The molecule has 1 amide bonds. The van der Waals surface area contributed by atoms with Crippen molar-refractivity contribution in [1.29, 1.82) is 0 Å². The Bertz CT molecular complexity index is 849. The molecule has 0 aromatic heterocycles. The standard InChI is InChI=1S/C16H18ClN3O3S/c1-18-24(22,23)13-7-4-11(5-8-13)16(21)19-12-6-9-15(20(2)3)14(17)10-12/h4-10,18H,1-3H3,(H,19,21). The fourth-order valence-corrected chi connectivity index (χ4v) is 3.13. The molecule has 2 N–H and O–H groups in total. The molecule has 128 valence electrons. The topological polar surface area (TPSA) is 78.5 Å². The number of rotatable bonds is 5. The van der Waals surface area contributed by atoms with Gasteiger partial charge in [-0.1, -0.05) is 11.6 Å². The number of anilines is 2. The zero-order valence-corrected chi connectivity index (χ0v) is 15.1. The molecule has 24 heavy (non-hydrogen) atoms. The van der Waals surface area contributed by atoms with Gasteiger partial charge in [0.2, 0.25) is 10.0 Å². The number of sulfonamides is 1. The van der Waals surface area contributed by atoms with Crippen LogP contribution >= 0.6 is 11.6 Å². The average Bonchev–Trinajstić information content (AvgIpc) is 2.54. The number of nitrogens with zero attached hydrogens (tertiary/aromatic N) is 1. The predicted molar refractivity (Wildman–Crippen MR) is 96.4 cm³/mol. The summed E-state index contributed by atoms with van der Waals surface area (Å²) in [7, 11) is 1.56. The minimum absolute atomic E-state index is 0.0972. The Morgan fingerprint density at radius 2 is 1.71 bits per heavy atom. The Morgan fingerprint density at radius 3 is 2.21 bits per heavy atom. The second kappa shape index (κ2) is 7.21. The van der Waals surface area contributed by atoms with Gasteiger partial charge in [-0.2, -0.15) is 0 Å².